The Kier molecular flexibility index (Phi) is 8.80. The second-order valence-corrected chi connectivity index (χ2v) is 11.8. The van der Waals surface area contributed by atoms with E-state index in [2.05, 4.69) is 39.0 Å². The van der Waals surface area contributed by atoms with E-state index in [0.29, 0.717) is 11.3 Å². The fourth-order valence-corrected chi connectivity index (χ4v) is 7.14. The fourth-order valence-electron chi connectivity index (χ4n) is 4.74. The smallest absolute Gasteiger partial charge is 0.352 e. The first-order valence-corrected chi connectivity index (χ1v) is 14.3. The lowest BCUT2D eigenvalue weighted by atomic mass is 9.92. The Balaban J connectivity index is 1.35. The Hall–Kier alpha value is -2.58. The van der Waals surface area contributed by atoms with Crippen molar-refractivity contribution in [3.63, 3.8) is 0 Å². The van der Waals surface area contributed by atoms with Crippen molar-refractivity contribution in [3.8, 4) is 0 Å². The highest BCUT2D eigenvalue weighted by molar-refractivity contribution is 8.01. The predicted molar refractivity (Wildman–Crippen MR) is 143 cm³/mol. The molecular formula is C23H33N7O5S2. The standard InChI is InChI=1S/C23H33N7O5S2/c1-27(2)8-4-5-14-6-9-29(10-7-14)13-24-16-20(33)30-17(22(34)35)15(11-36-21(16)30)12-37-23-25-18(31)19(32)26-28(23)3/h13-14,16,21H,4-12H2,1-3H3,(H,26,32)(H,34,35)/b24-13+/t16?,21-/m1/s1. The van der Waals surface area contributed by atoms with Crippen LogP contribution in [0.3, 0.4) is 0 Å². The maximum atomic E-state index is 12.9. The van der Waals surface area contributed by atoms with Gasteiger partial charge in [-0.05, 0) is 57.8 Å². The highest BCUT2D eigenvalue weighted by Gasteiger charge is 2.53. The average molecular weight is 552 g/mol. The van der Waals surface area contributed by atoms with Crippen molar-refractivity contribution in [2.24, 2.45) is 18.0 Å². The van der Waals surface area contributed by atoms with Gasteiger partial charge in [0, 0.05) is 31.6 Å². The van der Waals surface area contributed by atoms with E-state index in [1.807, 2.05) is 0 Å². The molecular weight excluding hydrogens is 518 g/mol. The molecule has 0 radical (unpaired) electrons. The van der Waals surface area contributed by atoms with Gasteiger partial charge in [0.15, 0.2) is 11.2 Å². The molecule has 1 unspecified atom stereocenters. The molecule has 4 rings (SSSR count). The summed E-state index contributed by atoms with van der Waals surface area (Å²) in [6, 6.07) is -0.590. The number of aromatic amines is 1. The fraction of sp³-hybridized carbons (Fsp3) is 0.652. The number of aromatic nitrogens is 3. The highest BCUT2D eigenvalue weighted by Crippen LogP contribution is 2.42. The molecule has 0 aliphatic carbocycles. The van der Waals surface area contributed by atoms with Crippen molar-refractivity contribution in [1.82, 2.24) is 29.5 Å². The van der Waals surface area contributed by atoms with E-state index in [0.717, 1.165) is 50.2 Å². The van der Waals surface area contributed by atoms with E-state index in [1.54, 1.807) is 13.4 Å². The van der Waals surface area contributed by atoms with Crippen LogP contribution in [0.25, 0.3) is 0 Å². The minimum Gasteiger partial charge on any atom is -0.477 e. The zero-order valence-corrected chi connectivity index (χ0v) is 22.9. The van der Waals surface area contributed by atoms with Crippen molar-refractivity contribution >= 4 is 41.7 Å². The van der Waals surface area contributed by atoms with Crippen LogP contribution in [0.5, 0.6) is 0 Å². The molecule has 0 saturated carbocycles. The number of H-pyrrole nitrogens is 1. The molecule has 2 N–H and O–H groups in total. The SMILES string of the molecule is CN(C)CCCC1CCN(/C=N/C2C(=O)N3C(C(=O)O)=C(CSc4nc(=O)c(=O)[nH]n4C)CS[C@H]23)CC1. The minimum atomic E-state index is -1.17. The van der Waals surface area contributed by atoms with Crippen molar-refractivity contribution in [2.45, 2.75) is 42.3 Å². The Bertz CT molecular complexity index is 1200. The second-order valence-electron chi connectivity index (χ2n) is 9.79. The number of hydrogen-bond acceptors (Lipinski definition) is 9. The summed E-state index contributed by atoms with van der Waals surface area (Å²) in [7, 11) is 5.74. The van der Waals surface area contributed by atoms with Crippen molar-refractivity contribution in [2.75, 3.05) is 45.2 Å². The van der Waals surface area contributed by atoms with E-state index in [1.165, 1.54) is 34.2 Å². The number of thioether (sulfide) groups is 2. The van der Waals surface area contributed by atoms with Crippen molar-refractivity contribution < 1.29 is 14.7 Å². The highest BCUT2D eigenvalue weighted by atomic mass is 32.2. The minimum absolute atomic E-state index is 0.0272. The molecule has 1 aromatic rings. The Morgan fingerprint density at radius 3 is 2.70 bits per heavy atom. The number of aliphatic imine (C=N–C) groups is 1. The molecule has 2 atom stereocenters. The number of piperidine rings is 1. The number of carbonyl (C=O) groups is 2. The molecule has 2 fully saturated rings. The van der Waals surface area contributed by atoms with Crippen LogP contribution in [0.15, 0.2) is 31.0 Å². The van der Waals surface area contributed by atoms with Gasteiger partial charge < -0.3 is 14.9 Å². The van der Waals surface area contributed by atoms with Crippen LogP contribution in [-0.4, -0.2) is 109 Å². The number of rotatable bonds is 10. The van der Waals surface area contributed by atoms with E-state index < -0.39 is 23.1 Å². The maximum absolute atomic E-state index is 12.9. The van der Waals surface area contributed by atoms with Crippen LogP contribution in [-0.2, 0) is 16.6 Å². The van der Waals surface area contributed by atoms with E-state index in [4.69, 9.17) is 0 Å². The van der Waals surface area contributed by atoms with Crippen LogP contribution in [0.2, 0.25) is 0 Å². The number of nitrogens with one attached hydrogen (secondary N) is 1. The molecule has 3 aliphatic heterocycles. The van der Waals surface area contributed by atoms with Crippen LogP contribution < -0.4 is 11.1 Å². The van der Waals surface area contributed by atoms with Gasteiger partial charge in [-0.25, -0.2) is 4.79 Å². The van der Waals surface area contributed by atoms with Gasteiger partial charge in [-0.3, -0.25) is 34.1 Å². The summed E-state index contributed by atoms with van der Waals surface area (Å²) in [6.45, 7) is 2.95. The first kappa shape index (κ1) is 27.5. The molecule has 0 spiro atoms. The molecule has 2 saturated heterocycles. The van der Waals surface area contributed by atoms with E-state index in [9.17, 15) is 24.3 Å². The van der Waals surface area contributed by atoms with Gasteiger partial charge in [-0.2, -0.15) is 4.98 Å². The predicted octanol–water partition coefficient (Wildman–Crippen LogP) is 0.265. The number of hydrogen-bond donors (Lipinski definition) is 2. The lowest BCUT2D eigenvalue weighted by molar-refractivity contribution is -0.147. The van der Waals surface area contributed by atoms with Gasteiger partial charge in [-0.1, -0.05) is 11.8 Å². The summed E-state index contributed by atoms with van der Waals surface area (Å²) >= 11 is 2.62. The number of carboxylic acid groups (broad SMARTS) is 1. The zero-order valence-electron chi connectivity index (χ0n) is 21.3. The third-order valence-corrected chi connectivity index (χ3v) is 9.24. The molecule has 202 valence electrons. The second kappa shape index (κ2) is 11.9. The lowest BCUT2D eigenvalue weighted by Gasteiger charge is -2.48. The summed E-state index contributed by atoms with van der Waals surface area (Å²) in [5.41, 5.74) is -1.19. The van der Waals surface area contributed by atoms with Crippen LogP contribution in [0.4, 0.5) is 0 Å². The first-order valence-electron chi connectivity index (χ1n) is 12.3. The molecule has 0 bridgehead atoms. The monoisotopic (exact) mass is 551 g/mol. The van der Waals surface area contributed by atoms with E-state index in [-0.39, 0.29) is 27.9 Å². The third kappa shape index (κ3) is 6.29. The summed E-state index contributed by atoms with van der Waals surface area (Å²) in [6.07, 6.45) is 6.44. The number of aliphatic carboxylic acids is 1. The summed E-state index contributed by atoms with van der Waals surface area (Å²) < 4.78 is 1.32. The van der Waals surface area contributed by atoms with E-state index >= 15 is 0 Å². The lowest BCUT2D eigenvalue weighted by Crippen LogP contribution is -2.64. The van der Waals surface area contributed by atoms with Gasteiger partial charge in [0.05, 0.1) is 6.34 Å². The number of β-lactam (4-membered cyclic amide) rings is 1. The topological polar surface area (TPSA) is 144 Å². The third-order valence-electron chi connectivity index (χ3n) is 6.80. The number of carbonyl (C=O) groups excluding carboxylic acids is 1. The number of amides is 1. The van der Waals surface area contributed by atoms with Gasteiger partial charge in [0.25, 0.3) is 5.91 Å². The number of carboxylic acids is 1. The van der Waals surface area contributed by atoms with Gasteiger partial charge in [0.2, 0.25) is 0 Å². The number of aryl methyl sites for hydroxylation is 1. The summed E-state index contributed by atoms with van der Waals surface area (Å²) in [5.74, 6) is -0.120. The quantitative estimate of drug-likeness (QED) is 0.137. The molecule has 14 heteroatoms. The molecule has 37 heavy (non-hydrogen) atoms. The van der Waals surface area contributed by atoms with Crippen LogP contribution >= 0.6 is 23.5 Å². The van der Waals surface area contributed by atoms with Crippen LogP contribution in [0, 0.1) is 5.92 Å². The van der Waals surface area contributed by atoms with Gasteiger partial charge in [-0.15, -0.1) is 11.8 Å². The Morgan fingerprint density at radius 2 is 2.03 bits per heavy atom. The van der Waals surface area contributed by atoms with Gasteiger partial charge >= 0.3 is 17.1 Å². The van der Waals surface area contributed by atoms with Crippen molar-refractivity contribution in [1.29, 1.82) is 0 Å². The molecule has 1 amide bonds. The number of likely N-dealkylation sites (tertiary alicyclic amines) is 1. The Labute approximate surface area is 223 Å². The molecule has 0 aromatic carbocycles. The number of fused-ring (bicyclic) bond motifs is 1. The molecule has 3 aliphatic rings. The maximum Gasteiger partial charge on any atom is 0.352 e. The summed E-state index contributed by atoms with van der Waals surface area (Å²) in [4.78, 5) is 62.0. The normalized spacial score (nSPS) is 22.6. The first-order chi connectivity index (χ1) is 17.7. The molecule has 12 nitrogen and oxygen atoms in total. The largest absolute Gasteiger partial charge is 0.477 e. The molecule has 1 aromatic heterocycles. The molecule has 4 heterocycles. The average Bonchev–Trinajstić information content (AvgIpc) is 2.85. The summed E-state index contributed by atoms with van der Waals surface area (Å²) in [5, 5.41) is 12.2. The van der Waals surface area contributed by atoms with Crippen LogP contribution in [0.1, 0.15) is 25.7 Å². The number of nitrogens with zero attached hydrogens (tertiary/aromatic N) is 6. The van der Waals surface area contributed by atoms with Gasteiger partial charge in [0.1, 0.15) is 11.1 Å². The Morgan fingerprint density at radius 1 is 1.30 bits per heavy atom. The van der Waals surface area contributed by atoms with Crippen molar-refractivity contribution in [3.05, 3.63) is 32.0 Å². The zero-order chi connectivity index (χ0) is 26.7.